The second-order valence-corrected chi connectivity index (χ2v) is 6.25. The molecule has 27 heavy (non-hydrogen) atoms. The van der Waals surface area contributed by atoms with E-state index < -0.39 is 0 Å². The summed E-state index contributed by atoms with van der Waals surface area (Å²) < 4.78 is 0. The van der Waals surface area contributed by atoms with Crippen molar-refractivity contribution in [2.75, 3.05) is 35.8 Å². The van der Waals surface area contributed by atoms with Gasteiger partial charge in [-0.05, 0) is 43.3 Å². The highest BCUT2D eigenvalue weighted by Crippen LogP contribution is 2.19. The minimum atomic E-state index is -0.120. The summed E-state index contributed by atoms with van der Waals surface area (Å²) in [5.41, 5.74) is 3.31. The largest absolute Gasteiger partial charge is 0.378 e. The van der Waals surface area contributed by atoms with Crippen molar-refractivity contribution in [3.63, 3.8) is 0 Å². The van der Waals surface area contributed by atoms with Crippen LogP contribution in [0.15, 0.2) is 67.0 Å². The van der Waals surface area contributed by atoms with Gasteiger partial charge >= 0.3 is 0 Å². The van der Waals surface area contributed by atoms with Gasteiger partial charge in [0.05, 0.1) is 5.56 Å². The Balaban J connectivity index is 1.71. The molecule has 0 spiro atoms. The summed E-state index contributed by atoms with van der Waals surface area (Å²) >= 11 is 0. The van der Waals surface area contributed by atoms with Crippen molar-refractivity contribution in [1.29, 1.82) is 0 Å². The average Bonchev–Trinajstić information content (AvgIpc) is 2.70. The molecule has 1 amide bonds. The van der Waals surface area contributed by atoms with Crippen LogP contribution in [-0.4, -0.2) is 36.5 Å². The van der Waals surface area contributed by atoms with E-state index in [-0.39, 0.29) is 5.91 Å². The molecule has 1 heterocycles. The molecular formula is C21H23N5O. The van der Waals surface area contributed by atoms with Crippen molar-refractivity contribution in [1.82, 2.24) is 9.97 Å². The van der Waals surface area contributed by atoms with Gasteiger partial charge in [0.1, 0.15) is 0 Å². The standard InChI is InChI=1S/C21H23N5O/c1-4-26(19-8-6-5-7-9-19)20(27)16-14-22-21(23-15-16)24-17-10-12-18(13-11-17)25(2)3/h5-15H,4H2,1-3H3,(H,22,23,24). The van der Waals surface area contributed by atoms with Crippen LogP contribution in [0.4, 0.5) is 23.0 Å². The lowest BCUT2D eigenvalue weighted by atomic mass is 10.2. The average molecular weight is 361 g/mol. The van der Waals surface area contributed by atoms with Crippen molar-refractivity contribution in [2.45, 2.75) is 6.92 Å². The second-order valence-electron chi connectivity index (χ2n) is 6.25. The minimum Gasteiger partial charge on any atom is -0.378 e. The van der Waals surface area contributed by atoms with Gasteiger partial charge in [-0.2, -0.15) is 0 Å². The predicted octanol–water partition coefficient (Wildman–Crippen LogP) is 3.95. The van der Waals surface area contributed by atoms with Gasteiger partial charge in [-0.25, -0.2) is 9.97 Å². The van der Waals surface area contributed by atoms with E-state index in [1.165, 1.54) is 0 Å². The number of benzene rings is 2. The monoisotopic (exact) mass is 361 g/mol. The highest BCUT2D eigenvalue weighted by molar-refractivity contribution is 6.05. The van der Waals surface area contributed by atoms with Crippen LogP contribution in [0.2, 0.25) is 0 Å². The predicted molar refractivity (Wildman–Crippen MR) is 110 cm³/mol. The Morgan fingerprint density at radius 3 is 2.11 bits per heavy atom. The number of nitrogens with one attached hydrogen (secondary N) is 1. The number of anilines is 4. The highest BCUT2D eigenvalue weighted by Gasteiger charge is 2.16. The Kier molecular flexibility index (Phi) is 5.66. The fourth-order valence-electron chi connectivity index (χ4n) is 2.68. The molecule has 0 saturated carbocycles. The number of hydrogen-bond donors (Lipinski definition) is 1. The zero-order valence-electron chi connectivity index (χ0n) is 15.8. The van der Waals surface area contributed by atoms with Crippen molar-refractivity contribution >= 4 is 28.9 Å². The van der Waals surface area contributed by atoms with Crippen LogP contribution in [0.3, 0.4) is 0 Å². The number of carbonyl (C=O) groups excluding carboxylic acids is 1. The normalized spacial score (nSPS) is 10.3. The van der Waals surface area contributed by atoms with E-state index in [2.05, 4.69) is 15.3 Å². The first kappa shape index (κ1) is 18.4. The maximum absolute atomic E-state index is 12.8. The van der Waals surface area contributed by atoms with E-state index in [9.17, 15) is 4.79 Å². The van der Waals surface area contributed by atoms with Crippen LogP contribution in [0.5, 0.6) is 0 Å². The number of nitrogens with zero attached hydrogens (tertiary/aromatic N) is 4. The Morgan fingerprint density at radius 1 is 0.926 bits per heavy atom. The number of rotatable bonds is 6. The molecule has 1 aromatic heterocycles. The van der Waals surface area contributed by atoms with E-state index >= 15 is 0 Å². The minimum absolute atomic E-state index is 0.120. The summed E-state index contributed by atoms with van der Waals surface area (Å²) in [6.45, 7) is 2.51. The molecule has 2 aromatic carbocycles. The third-order valence-corrected chi connectivity index (χ3v) is 4.17. The van der Waals surface area contributed by atoms with E-state index in [0.717, 1.165) is 17.1 Å². The van der Waals surface area contributed by atoms with Gasteiger partial charge < -0.3 is 15.1 Å². The topological polar surface area (TPSA) is 61.4 Å². The molecule has 0 unspecified atom stereocenters. The molecule has 138 valence electrons. The molecular weight excluding hydrogens is 338 g/mol. The maximum atomic E-state index is 12.8. The van der Waals surface area contributed by atoms with E-state index in [1.807, 2.05) is 80.5 Å². The van der Waals surface area contributed by atoms with Crippen LogP contribution in [-0.2, 0) is 0 Å². The number of para-hydroxylation sites is 1. The van der Waals surface area contributed by atoms with Gasteiger partial charge in [0.15, 0.2) is 0 Å². The SMILES string of the molecule is CCN(C(=O)c1cnc(Nc2ccc(N(C)C)cc2)nc1)c1ccccc1. The highest BCUT2D eigenvalue weighted by atomic mass is 16.2. The molecule has 0 fully saturated rings. The molecule has 6 nitrogen and oxygen atoms in total. The molecule has 0 aliphatic carbocycles. The van der Waals surface area contributed by atoms with Crippen molar-refractivity contribution in [3.8, 4) is 0 Å². The molecule has 6 heteroatoms. The summed E-state index contributed by atoms with van der Waals surface area (Å²) in [6.07, 6.45) is 3.11. The molecule has 3 rings (SSSR count). The number of carbonyl (C=O) groups is 1. The van der Waals surface area contributed by atoms with Crippen LogP contribution < -0.4 is 15.1 Å². The molecule has 0 radical (unpaired) electrons. The lowest BCUT2D eigenvalue weighted by Crippen LogP contribution is -2.30. The molecule has 0 aliphatic heterocycles. The zero-order valence-corrected chi connectivity index (χ0v) is 15.8. The quantitative estimate of drug-likeness (QED) is 0.720. The third-order valence-electron chi connectivity index (χ3n) is 4.17. The Bertz CT molecular complexity index is 877. The summed E-state index contributed by atoms with van der Waals surface area (Å²) in [4.78, 5) is 25.1. The lowest BCUT2D eigenvalue weighted by molar-refractivity contribution is 0.0987. The number of amides is 1. The smallest absolute Gasteiger partial charge is 0.261 e. The molecule has 0 atom stereocenters. The summed E-state index contributed by atoms with van der Waals surface area (Å²) in [6, 6.07) is 17.5. The molecule has 0 saturated heterocycles. The van der Waals surface area contributed by atoms with Gasteiger partial charge in [-0.15, -0.1) is 0 Å². The lowest BCUT2D eigenvalue weighted by Gasteiger charge is -2.20. The van der Waals surface area contributed by atoms with Crippen LogP contribution in [0.1, 0.15) is 17.3 Å². The van der Waals surface area contributed by atoms with Gasteiger partial charge in [0, 0.05) is 50.1 Å². The Labute approximate surface area is 159 Å². The van der Waals surface area contributed by atoms with Crippen molar-refractivity contribution in [3.05, 3.63) is 72.6 Å². The number of hydrogen-bond acceptors (Lipinski definition) is 5. The van der Waals surface area contributed by atoms with Gasteiger partial charge in [-0.1, -0.05) is 18.2 Å². The molecule has 0 bridgehead atoms. The third kappa shape index (κ3) is 4.41. The maximum Gasteiger partial charge on any atom is 0.261 e. The van der Waals surface area contributed by atoms with E-state index in [0.29, 0.717) is 18.1 Å². The first-order valence-corrected chi connectivity index (χ1v) is 8.82. The number of aromatic nitrogens is 2. The van der Waals surface area contributed by atoms with Gasteiger partial charge in [0.2, 0.25) is 5.95 Å². The molecule has 1 N–H and O–H groups in total. The van der Waals surface area contributed by atoms with Gasteiger partial charge in [-0.3, -0.25) is 4.79 Å². The van der Waals surface area contributed by atoms with Crippen LogP contribution in [0, 0.1) is 0 Å². The fraction of sp³-hybridized carbons (Fsp3) is 0.190. The summed E-state index contributed by atoms with van der Waals surface area (Å²) in [7, 11) is 3.99. The summed E-state index contributed by atoms with van der Waals surface area (Å²) in [5, 5.41) is 3.15. The van der Waals surface area contributed by atoms with E-state index in [4.69, 9.17) is 0 Å². The molecule has 0 aliphatic rings. The van der Waals surface area contributed by atoms with Crippen LogP contribution >= 0.6 is 0 Å². The zero-order chi connectivity index (χ0) is 19.2. The first-order valence-electron chi connectivity index (χ1n) is 8.82. The van der Waals surface area contributed by atoms with Gasteiger partial charge in [0.25, 0.3) is 5.91 Å². The second kappa shape index (κ2) is 8.31. The Morgan fingerprint density at radius 2 is 1.56 bits per heavy atom. The first-order chi connectivity index (χ1) is 13.1. The van der Waals surface area contributed by atoms with Crippen LogP contribution in [0.25, 0.3) is 0 Å². The molecule has 3 aromatic rings. The van der Waals surface area contributed by atoms with E-state index in [1.54, 1.807) is 17.3 Å². The summed E-state index contributed by atoms with van der Waals surface area (Å²) in [5.74, 6) is 0.331. The van der Waals surface area contributed by atoms with Crippen molar-refractivity contribution in [2.24, 2.45) is 0 Å². The fourth-order valence-corrected chi connectivity index (χ4v) is 2.68. The van der Waals surface area contributed by atoms with Crippen molar-refractivity contribution < 1.29 is 4.79 Å². The Hall–Kier alpha value is -3.41.